The lowest BCUT2D eigenvalue weighted by Crippen LogP contribution is -2.03. The number of rotatable bonds is 8. The zero-order chi connectivity index (χ0) is 47.2. The summed E-state index contributed by atoms with van der Waals surface area (Å²) in [6.45, 7) is 6.62. The first-order chi connectivity index (χ1) is 34.5. The van der Waals surface area contributed by atoms with Crippen LogP contribution in [0, 0.1) is 31.9 Å². The maximum atomic E-state index is 4.16. The highest BCUT2D eigenvalue weighted by Gasteiger charge is 2.31. The van der Waals surface area contributed by atoms with Crippen LogP contribution in [0.3, 0.4) is 0 Å². The quantitative estimate of drug-likeness (QED) is 0.119. The molecular formula is C67H50N2S. The average molecular weight is 915 g/mol. The number of hydrogen-bond acceptors (Lipinski definition) is 1. The largest absolute Gasteiger partial charge is 0.354 e. The predicted molar refractivity (Wildman–Crippen MR) is 299 cm³/mol. The Labute approximate surface area is 411 Å². The molecule has 0 saturated carbocycles. The molecule has 12 rings (SSSR count). The van der Waals surface area contributed by atoms with E-state index in [2.05, 4.69) is 284 Å². The van der Waals surface area contributed by atoms with Gasteiger partial charge in [-0.05, 0) is 120 Å². The van der Waals surface area contributed by atoms with E-state index in [1.54, 1.807) is 0 Å². The molecule has 334 valence electrons. The first-order valence-corrected chi connectivity index (χ1v) is 25.6. The van der Waals surface area contributed by atoms with Crippen LogP contribution >= 0.6 is 10.0 Å². The van der Waals surface area contributed by atoms with Crippen molar-refractivity contribution in [1.82, 2.24) is 4.57 Å². The van der Waals surface area contributed by atoms with Crippen molar-refractivity contribution >= 4 is 64.8 Å². The number of hydrogen-bond donors (Lipinski definition) is 1. The fraction of sp³-hybridized carbons (Fsp3) is 0.0448. The Morgan fingerprint density at radius 3 is 1.37 bits per heavy atom. The number of nitrogens with one attached hydrogen (secondary N) is 1. The van der Waals surface area contributed by atoms with Crippen LogP contribution in [-0.4, -0.2) is 4.57 Å². The summed E-state index contributed by atoms with van der Waals surface area (Å²) < 4.78 is 2.40. The fourth-order valence-electron chi connectivity index (χ4n) is 10.5. The van der Waals surface area contributed by atoms with E-state index in [4.69, 9.17) is 0 Å². The first-order valence-electron chi connectivity index (χ1n) is 24.0. The fourth-order valence-corrected chi connectivity index (χ4v) is 13.7. The van der Waals surface area contributed by atoms with E-state index >= 15 is 0 Å². The summed E-state index contributed by atoms with van der Waals surface area (Å²) in [5.41, 5.74) is 15.1. The van der Waals surface area contributed by atoms with Gasteiger partial charge in [0.1, 0.15) is 0 Å². The van der Waals surface area contributed by atoms with E-state index in [-0.39, 0.29) is 0 Å². The molecule has 0 bridgehead atoms. The molecule has 0 saturated heterocycles. The molecule has 0 aliphatic rings. The number of anilines is 2. The number of aromatic nitrogens is 1. The zero-order valence-electron chi connectivity index (χ0n) is 39.4. The second-order valence-corrected chi connectivity index (χ2v) is 21.0. The van der Waals surface area contributed by atoms with Gasteiger partial charge in [0.15, 0.2) is 0 Å². The van der Waals surface area contributed by atoms with E-state index in [9.17, 15) is 0 Å². The lowest BCUT2D eigenvalue weighted by molar-refractivity contribution is 1.18. The molecule has 12 aromatic rings. The second-order valence-electron chi connectivity index (χ2n) is 18.1. The minimum atomic E-state index is -2.16. The van der Waals surface area contributed by atoms with Gasteiger partial charge in [0.2, 0.25) is 0 Å². The Hall–Kier alpha value is -8.55. The molecule has 1 N–H and O–H groups in total. The van der Waals surface area contributed by atoms with Crippen molar-refractivity contribution in [3.05, 3.63) is 265 Å². The topological polar surface area (TPSA) is 17.0 Å². The maximum absolute atomic E-state index is 4.16. The highest BCUT2D eigenvalue weighted by molar-refractivity contribution is 8.37. The molecule has 70 heavy (non-hydrogen) atoms. The van der Waals surface area contributed by atoms with Crippen LogP contribution in [0.25, 0.3) is 71.3 Å². The van der Waals surface area contributed by atoms with Gasteiger partial charge in [0.05, 0.1) is 16.7 Å². The minimum Gasteiger partial charge on any atom is -0.354 e. The Morgan fingerprint density at radius 1 is 0.357 bits per heavy atom. The summed E-state index contributed by atoms with van der Waals surface area (Å²) >= 11 is 0. The number of aryl methyl sites for hydroxylation is 3. The molecule has 0 radical (unpaired) electrons. The molecule has 0 aliphatic heterocycles. The zero-order valence-corrected chi connectivity index (χ0v) is 40.3. The van der Waals surface area contributed by atoms with Gasteiger partial charge < -0.3 is 9.88 Å². The van der Waals surface area contributed by atoms with Gasteiger partial charge in [-0.2, -0.15) is 0 Å². The number of nitrogens with zero attached hydrogens (tertiary/aromatic N) is 1. The smallest absolute Gasteiger partial charge is 0.0544 e. The van der Waals surface area contributed by atoms with Gasteiger partial charge in [-0.15, -0.1) is 0 Å². The molecular weight excluding hydrogens is 865 g/mol. The highest BCUT2D eigenvalue weighted by atomic mass is 32.3. The molecule has 0 fully saturated rings. The van der Waals surface area contributed by atoms with E-state index in [1.165, 1.54) is 69.9 Å². The molecule has 1 heterocycles. The van der Waals surface area contributed by atoms with Crippen LogP contribution < -0.4 is 5.32 Å². The lowest BCUT2D eigenvalue weighted by atomic mass is 9.94. The molecule has 0 unspecified atom stereocenters. The van der Waals surface area contributed by atoms with E-state index < -0.39 is 10.0 Å². The SMILES string of the molecule is Cc1ccccc1-c1cc(S(C#Cc2c3ccccc3c(Nc3cc(-n4c5ccccc5c5ccccc54)ccc3-c3ccccc3C)c3ccccc23)(c2ccccc2)c2ccccc2)ccc1C. The van der Waals surface area contributed by atoms with Crippen molar-refractivity contribution in [1.29, 1.82) is 0 Å². The van der Waals surface area contributed by atoms with Crippen LogP contribution in [-0.2, 0) is 0 Å². The van der Waals surface area contributed by atoms with E-state index in [0.717, 1.165) is 49.7 Å². The van der Waals surface area contributed by atoms with Gasteiger partial charge in [-0.1, -0.05) is 198 Å². The summed E-state index contributed by atoms with van der Waals surface area (Å²) in [5.74, 6) is 4.01. The molecule has 1 aromatic heterocycles. The predicted octanol–water partition coefficient (Wildman–Crippen LogP) is 18.4. The van der Waals surface area contributed by atoms with Gasteiger partial charge in [0.25, 0.3) is 0 Å². The normalized spacial score (nSPS) is 11.8. The number of benzene rings is 11. The van der Waals surface area contributed by atoms with Crippen LogP contribution in [0.4, 0.5) is 11.4 Å². The summed E-state index contributed by atoms with van der Waals surface area (Å²) in [6, 6.07) is 88.3. The molecule has 0 spiro atoms. The van der Waals surface area contributed by atoms with Gasteiger partial charge >= 0.3 is 0 Å². The summed E-state index contributed by atoms with van der Waals surface area (Å²) in [4.78, 5) is 3.61. The third-order valence-electron chi connectivity index (χ3n) is 14.0. The van der Waals surface area contributed by atoms with Gasteiger partial charge in [-0.3, -0.25) is 0 Å². The average Bonchev–Trinajstić information content (AvgIpc) is 3.75. The van der Waals surface area contributed by atoms with Crippen LogP contribution in [0.2, 0.25) is 0 Å². The number of para-hydroxylation sites is 2. The molecule has 0 amide bonds. The van der Waals surface area contributed by atoms with Crippen molar-refractivity contribution in [2.24, 2.45) is 0 Å². The molecule has 3 heteroatoms. The van der Waals surface area contributed by atoms with E-state index in [1.807, 2.05) is 0 Å². The summed E-state index contributed by atoms with van der Waals surface area (Å²) in [6.07, 6.45) is 0. The Bertz CT molecular complexity index is 3870. The molecule has 0 aliphatic carbocycles. The van der Waals surface area contributed by atoms with Crippen molar-refractivity contribution < 1.29 is 0 Å². The van der Waals surface area contributed by atoms with E-state index in [0.29, 0.717) is 0 Å². The third-order valence-corrected chi connectivity index (χ3v) is 17.3. The second kappa shape index (κ2) is 17.8. The Balaban J connectivity index is 1.10. The standard InChI is InChI=1S/C67H50N2S/c1-46-22-10-12-28-53(46)58-41-39-49(69-65-36-20-18-32-59(65)60-33-19-21-37-66(60)69)44-64(58)68-67-61-34-16-14-30-55(61)57(56-31-15-17-35-62(56)67)42-43-70(50-24-6-4-7-25-50,51-26-8-5-9-27-51)52-40-38-48(3)63(45-52)54-29-13-11-23-47(54)2/h4-41,44-45,68H,1-3H3. The number of fused-ring (bicyclic) bond motifs is 5. The van der Waals surface area contributed by atoms with Gasteiger partial charge in [0, 0.05) is 69.5 Å². The van der Waals surface area contributed by atoms with Crippen molar-refractivity contribution in [2.75, 3.05) is 5.32 Å². The van der Waals surface area contributed by atoms with Crippen molar-refractivity contribution in [3.63, 3.8) is 0 Å². The summed E-state index contributed by atoms with van der Waals surface area (Å²) in [5, 5.41) is 15.2. The van der Waals surface area contributed by atoms with Gasteiger partial charge in [-0.25, -0.2) is 0 Å². The third kappa shape index (κ3) is 7.24. The van der Waals surface area contributed by atoms with Crippen LogP contribution in [0.1, 0.15) is 22.3 Å². The summed E-state index contributed by atoms with van der Waals surface area (Å²) in [7, 11) is -2.16. The molecule has 11 aromatic carbocycles. The van der Waals surface area contributed by atoms with Crippen LogP contribution in [0.15, 0.2) is 257 Å². The first kappa shape index (κ1) is 42.8. The Kier molecular flexibility index (Phi) is 10.9. The monoisotopic (exact) mass is 914 g/mol. The van der Waals surface area contributed by atoms with Crippen molar-refractivity contribution in [2.45, 2.75) is 35.5 Å². The highest BCUT2D eigenvalue weighted by Crippen LogP contribution is 2.68. The lowest BCUT2D eigenvalue weighted by Gasteiger charge is -2.36. The Morgan fingerprint density at radius 2 is 0.814 bits per heavy atom. The van der Waals surface area contributed by atoms with Crippen LogP contribution in [0.5, 0.6) is 0 Å². The van der Waals surface area contributed by atoms with Crippen molar-refractivity contribution in [3.8, 4) is 39.1 Å². The molecule has 2 nitrogen and oxygen atoms in total. The molecule has 0 atom stereocenters. The minimum absolute atomic E-state index is 1.02. The maximum Gasteiger partial charge on any atom is 0.0544 e.